The molecule has 0 unspecified atom stereocenters. The van der Waals surface area contributed by atoms with Gasteiger partial charge in [0, 0.05) is 5.56 Å². The lowest BCUT2D eigenvalue weighted by Gasteiger charge is -2.19. The Kier molecular flexibility index (Phi) is 7.51. The van der Waals surface area contributed by atoms with Crippen LogP contribution in [0.25, 0.3) is 22.3 Å². The van der Waals surface area contributed by atoms with Crippen LogP contribution in [0.5, 0.6) is 11.5 Å². The molecule has 35 heavy (non-hydrogen) atoms. The highest BCUT2D eigenvalue weighted by Gasteiger charge is 2.14. The predicted octanol–water partition coefficient (Wildman–Crippen LogP) is 5.47. The van der Waals surface area contributed by atoms with Gasteiger partial charge in [0.15, 0.2) is 0 Å². The van der Waals surface area contributed by atoms with Crippen molar-refractivity contribution in [2.45, 2.75) is 32.7 Å². The molecule has 0 aliphatic heterocycles. The van der Waals surface area contributed by atoms with Gasteiger partial charge in [0.1, 0.15) is 23.9 Å². The van der Waals surface area contributed by atoms with E-state index < -0.39 is 0 Å². The van der Waals surface area contributed by atoms with Crippen LogP contribution in [0.2, 0.25) is 0 Å². The Labute approximate surface area is 206 Å². The van der Waals surface area contributed by atoms with Gasteiger partial charge in [-0.25, -0.2) is 4.98 Å². The van der Waals surface area contributed by atoms with Gasteiger partial charge in [0.25, 0.3) is 5.56 Å². The minimum absolute atomic E-state index is 0.0831. The Bertz CT molecular complexity index is 1320. The van der Waals surface area contributed by atoms with Crippen molar-refractivity contribution in [3.05, 3.63) is 88.7 Å². The molecule has 0 spiro atoms. The molecule has 6 heteroatoms. The Balaban J connectivity index is 1.41. The van der Waals surface area contributed by atoms with Gasteiger partial charge in [0.2, 0.25) is 0 Å². The summed E-state index contributed by atoms with van der Waals surface area (Å²) in [5.41, 5.74) is 2.81. The monoisotopic (exact) mass is 472 g/mol. The van der Waals surface area contributed by atoms with Crippen molar-refractivity contribution in [2.75, 3.05) is 26.9 Å². The first-order chi connectivity index (χ1) is 16.9. The first-order valence-corrected chi connectivity index (χ1v) is 11.8. The van der Waals surface area contributed by atoms with E-state index in [1.165, 1.54) is 5.56 Å². The number of hydrogen-bond acceptors (Lipinski definition) is 5. The van der Waals surface area contributed by atoms with Crippen LogP contribution < -0.4 is 15.0 Å². The van der Waals surface area contributed by atoms with E-state index in [0.29, 0.717) is 43.1 Å². The molecule has 6 nitrogen and oxygen atoms in total. The summed E-state index contributed by atoms with van der Waals surface area (Å²) in [4.78, 5) is 18.0. The maximum atomic E-state index is 13.3. The minimum Gasteiger partial charge on any atom is -0.497 e. The van der Waals surface area contributed by atoms with Crippen LogP contribution in [0.15, 0.2) is 77.6 Å². The number of benzene rings is 3. The number of hydrogen-bond donors (Lipinski definition) is 0. The number of fused-ring (bicyclic) bond motifs is 1. The normalized spacial score (nSPS) is 11.5. The standard InChI is InChI=1S/C29H32N2O4/c1-29(2,3)22-11-15-24(16-12-22)35-20-19-34-18-17-31-27(21-9-13-23(33-4)14-10-21)30-26-8-6-5-7-25(26)28(31)32/h5-16H,17-20H2,1-4H3. The van der Waals surface area contributed by atoms with Gasteiger partial charge in [-0.1, -0.05) is 45.0 Å². The lowest BCUT2D eigenvalue weighted by molar-refractivity contribution is 0.0940. The lowest BCUT2D eigenvalue weighted by atomic mass is 9.87. The average molecular weight is 473 g/mol. The molecule has 0 atom stereocenters. The molecule has 0 radical (unpaired) electrons. The number of para-hydroxylation sites is 1. The molecule has 3 aromatic carbocycles. The molecule has 0 fully saturated rings. The van der Waals surface area contributed by atoms with Gasteiger partial charge in [-0.2, -0.15) is 0 Å². The number of ether oxygens (including phenoxy) is 3. The molecule has 0 N–H and O–H groups in total. The maximum absolute atomic E-state index is 13.3. The van der Waals surface area contributed by atoms with Gasteiger partial charge in [-0.05, 0) is 59.5 Å². The van der Waals surface area contributed by atoms with Crippen molar-refractivity contribution in [3.63, 3.8) is 0 Å². The van der Waals surface area contributed by atoms with Crippen LogP contribution in [0.4, 0.5) is 0 Å². The van der Waals surface area contributed by atoms with E-state index in [1.807, 2.05) is 54.6 Å². The quantitative estimate of drug-likeness (QED) is 0.303. The zero-order valence-corrected chi connectivity index (χ0v) is 20.8. The van der Waals surface area contributed by atoms with Crippen LogP contribution in [0, 0.1) is 0 Å². The van der Waals surface area contributed by atoms with Crippen LogP contribution in [-0.2, 0) is 16.7 Å². The highest BCUT2D eigenvalue weighted by Crippen LogP contribution is 2.24. The molecule has 0 aliphatic carbocycles. The van der Waals surface area contributed by atoms with E-state index >= 15 is 0 Å². The Morgan fingerprint density at radius 1 is 0.829 bits per heavy atom. The van der Waals surface area contributed by atoms with Crippen LogP contribution in [0.3, 0.4) is 0 Å². The summed E-state index contributed by atoms with van der Waals surface area (Å²) in [6.07, 6.45) is 0. The van der Waals surface area contributed by atoms with Gasteiger partial charge < -0.3 is 14.2 Å². The highest BCUT2D eigenvalue weighted by molar-refractivity contribution is 5.79. The summed E-state index contributed by atoms with van der Waals surface area (Å²) >= 11 is 0. The fourth-order valence-electron chi connectivity index (χ4n) is 3.86. The Morgan fingerprint density at radius 3 is 2.20 bits per heavy atom. The van der Waals surface area contributed by atoms with Gasteiger partial charge >= 0.3 is 0 Å². The molecule has 0 amide bonds. The molecule has 1 heterocycles. The van der Waals surface area contributed by atoms with E-state index in [0.717, 1.165) is 17.1 Å². The topological polar surface area (TPSA) is 62.6 Å². The van der Waals surface area contributed by atoms with E-state index in [4.69, 9.17) is 19.2 Å². The van der Waals surface area contributed by atoms with E-state index in [1.54, 1.807) is 17.7 Å². The van der Waals surface area contributed by atoms with Crippen LogP contribution in [-0.4, -0.2) is 36.5 Å². The van der Waals surface area contributed by atoms with Crippen molar-refractivity contribution >= 4 is 10.9 Å². The highest BCUT2D eigenvalue weighted by atomic mass is 16.5. The number of nitrogens with zero attached hydrogens (tertiary/aromatic N) is 2. The van der Waals surface area contributed by atoms with Crippen molar-refractivity contribution in [2.24, 2.45) is 0 Å². The van der Waals surface area contributed by atoms with Crippen molar-refractivity contribution in [3.8, 4) is 22.9 Å². The Morgan fingerprint density at radius 2 is 1.51 bits per heavy atom. The largest absolute Gasteiger partial charge is 0.497 e. The van der Waals surface area contributed by atoms with Crippen molar-refractivity contribution < 1.29 is 14.2 Å². The second-order valence-electron chi connectivity index (χ2n) is 9.37. The first-order valence-electron chi connectivity index (χ1n) is 11.8. The molecule has 0 saturated heterocycles. The Hall–Kier alpha value is -3.64. The third-order valence-corrected chi connectivity index (χ3v) is 5.89. The summed E-state index contributed by atoms with van der Waals surface area (Å²) in [5, 5.41) is 0.590. The zero-order valence-electron chi connectivity index (χ0n) is 20.8. The van der Waals surface area contributed by atoms with E-state index in [2.05, 4.69) is 32.9 Å². The molecular formula is C29H32N2O4. The molecule has 0 saturated carbocycles. The smallest absolute Gasteiger partial charge is 0.261 e. The SMILES string of the molecule is COc1ccc(-c2nc3ccccc3c(=O)n2CCOCCOc2ccc(C(C)(C)C)cc2)cc1. The van der Waals surface area contributed by atoms with Crippen molar-refractivity contribution in [1.29, 1.82) is 0 Å². The minimum atomic E-state index is -0.0831. The molecule has 182 valence electrons. The lowest BCUT2D eigenvalue weighted by Crippen LogP contribution is -2.26. The number of methoxy groups -OCH3 is 1. The summed E-state index contributed by atoms with van der Waals surface area (Å²) in [6, 6.07) is 23.1. The fraction of sp³-hybridized carbons (Fsp3) is 0.310. The van der Waals surface area contributed by atoms with E-state index in [-0.39, 0.29) is 11.0 Å². The molecule has 4 aromatic rings. The molecule has 1 aromatic heterocycles. The molecule has 0 aliphatic rings. The van der Waals surface area contributed by atoms with Gasteiger partial charge in [-0.15, -0.1) is 0 Å². The van der Waals surface area contributed by atoms with Gasteiger partial charge in [0.05, 0.1) is 37.8 Å². The first kappa shape index (κ1) is 24.5. The second-order valence-corrected chi connectivity index (χ2v) is 9.37. The number of aromatic nitrogens is 2. The maximum Gasteiger partial charge on any atom is 0.261 e. The van der Waals surface area contributed by atoms with E-state index in [9.17, 15) is 4.79 Å². The summed E-state index contributed by atoms with van der Waals surface area (Å²) < 4.78 is 18.5. The zero-order chi connectivity index (χ0) is 24.8. The third kappa shape index (κ3) is 5.89. The van der Waals surface area contributed by atoms with Crippen LogP contribution in [0.1, 0.15) is 26.3 Å². The summed E-state index contributed by atoms with van der Waals surface area (Å²) in [5.74, 6) is 2.17. The summed E-state index contributed by atoms with van der Waals surface area (Å²) in [6.45, 7) is 8.18. The average Bonchev–Trinajstić information content (AvgIpc) is 2.87. The van der Waals surface area contributed by atoms with Crippen molar-refractivity contribution in [1.82, 2.24) is 9.55 Å². The third-order valence-electron chi connectivity index (χ3n) is 5.89. The molecule has 0 bridgehead atoms. The van der Waals surface area contributed by atoms with Gasteiger partial charge in [-0.3, -0.25) is 9.36 Å². The van der Waals surface area contributed by atoms with Crippen LogP contribution >= 0.6 is 0 Å². The summed E-state index contributed by atoms with van der Waals surface area (Å²) in [7, 11) is 1.63. The fourth-order valence-corrected chi connectivity index (χ4v) is 3.86. The molecule has 4 rings (SSSR count). The second kappa shape index (κ2) is 10.7. The molecular weight excluding hydrogens is 440 g/mol. The predicted molar refractivity (Wildman–Crippen MR) is 139 cm³/mol. The number of rotatable bonds is 9.